The lowest BCUT2D eigenvalue weighted by molar-refractivity contribution is 0.285. The van der Waals surface area contributed by atoms with Gasteiger partial charge in [0.15, 0.2) is 0 Å². The minimum Gasteiger partial charge on any atom is -0.493 e. The summed E-state index contributed by atoms with van der Waals surface area (Å²) in [6.45, 7) is 8.37. The van der Waals surface area contributed by atoms with Gasteiger partial charge in [-0.1, -0.05) is 30.9 Å². The lowest BCUT2D eigenvalue weighted by atomic mass is 9.99. The monoisotopic (exact) mass is 345 g/mol. The van der Waals surface area contributed by atoms with Crippen LogP contribution in [-0.4, -0.2) is 6.61 Å². The molecule has 0 amide bonds. The van der Waals surface area contributed by atoms with Crippen LogP contribution in [0.25, 0.3) is 21.4 Å². The number of ether oxygens (including phenoxy) is 1. The van der Waals surface area contributed by atoms with Gasteiger partial charge >= 0.3 is 0 Å². The summed E-state index contributed by atoms with van der Waals surface area (Å²) in [6, 6.07) is 8.03. The maximum atomic E-state index is 7.96. The number of nitrogens with one attached hydrogen (secondary N) is 1. The van der Waals surface area contributed by atoms with E-state index >= 15 is 0 Å². The third kappa shape index (κ3) is 3.97. The summed E-state index contributed by atoms with van der Waals surface area (Å²) in [4.78, 5) is 0. The first-order chi connectivity index (χ1) is 12.2. The van der Waals surface area contributed by atoms with Gasteiger partial charge in [0.2, 0.25) is 0 Å². The first kappa shape index (κ1) is 17.0. The molecule has 1 aromatic carbocycles. The summed E-state index contributed by atoms with van der Waals surface area (Å²) in [5.41, 5.74) is 6.20. The molecule has 1 aliphatic carbocycles. The fraction of sp³-hybridized carbons (Fsp3) is 0.0909. The highest BCUT2D eigenvalue weighted by atomic mass is 32.1. The van der Waals surface area contributed by atoms with Crippen LogP contribution >= 0.6 is 11.3 Å². The minimum absolute atomic E-state index is 0.515. The average molecular weight is 345 g/mol. The van der Waals surface area contributed by atoms with E-state index in [0.717, 1.165) is 33.2 Å². The van der Waals surface area contributed by atoms with Crippen molar-refractivity contribution in [2.45, 2.75) is 6.42 Å². The molecule has 0 radical (unpaired) electrons. The third-order valence-corrected chi connectivity index (χ3v) is 4.82. The molecule has 2 nitrogen and oxygen atoms in total. The number of allylic oxidation sites excluding steroid dienone is 5. The van der Waals surface area contributed by atoms with E-state index in [-0.39, 0.29) is 0 Å². The molecule has 3 rings (SSSR count). The molecule has 0 atom stereocenters. The Morgan fingerprint density at radius 1 is 1.28 bits per heavy atom. The number of hydrogen-bond acceptors (Lipinski definition) is 3. The van der Waals surface area contributed by atoms with Crippen LogP contribution in [0.15, 0.2) is 79.6 Å². The van der Waals surface area contributed by atoms with Gasteiger partial charge in [-0.2, -0.15) is 0 Å². The van der Waals surface area contributed by atoms with E-state index in [2.05, 4.69) is 37.1 Å². The molecule has 25 heavy (non-hydrogen) atoms. The van der Waals surface area contributed by atoms with Crippen molar-refractivity contribution < 1.29 is 4.74 Å². The van der Waals surface area contributed by atoms with Gasteiger partial charge in [-0.25, -0.2) is 0 Å². The van der Waals surface area contributed by atoms with Crippen LogP contribution in [0.3, 0.4) is 0 Å². The standard InChI is InChI=1S/C22H19NOS/c1-3-4-13-24-16(2)20-15-19(17-9-7-5-6-8-10-17)14-18-11-12-21(23)25-22(18)20/h3,5,7-12,14-15,23H,1-2,4,13H2. The van der Waals surface area contributed by atoms with Gasteiger partial charge in [-0.05, 0) is 59.4 Å². The second kappa shape index (κ2) is 7.80. The minimum atomic E-state index is 0.515. The maximum absolute atomic E-state index is 7.96. The molecule has 0 saturated heterocycles. The van der Waals surface area contributed by atoms with Crippen LogP contribution in [0, 0.1) is 5.41 Å². The Labute approximate surface area is 151 Å². The first-order valence-corrected chi connectivity index (χ1v) is 8.86. The Hall–Kier alpha value is -2.87. The summed E-state index contributed by atoms with van der Waals surface area (Å²) < 4.78 is 7.33. The zero-order valence-electron chi connectivity index (χ0n) is 13.9. The second-order valence-electron chi connectivity index (χ2n) is 5.57. The molecule has 0 bridgehead atoms. The molecule has 1 aromatic heterocycles. The zero-order chi connectivity index (χ0) is 17.6. The van der Waals surface area contributed by atoms with Crippen molar-refractivity contribution in [3.63, 3.8) is 0 Å². The summed E-state index contributed by atoms with van der Waals surface area (Å²) in [7, 11) is 0. The third-order valence-electron chi connectivity index (χ3n) is 3.80. The largest absolute Gasteiger partial charge is 0.493 e. The fourth-order valence-corrected chi connectivity index (χ4v) is 3.45. The second-order valence-corrected chi connectivity index (χ2v) is 6.62. The van der Waals surface area contributed by atoms with Gasteiger partial charge in [0, 0.05) is 10.3 Å². The van der Waals surface area contributed by atoms with Crippen LogP contribution in [0.5, 0.6) is 0 Å². The molecule has 1 heterocycles. The lowest BCUT2D eigenvalue weighted by Crippen LogP contribution is -1.98. The van der Waals surface area contributed by atoms with Gasteiger partial charge in [-0.15, -0.1) is 23.6 Å². The summed E-state index contributed by atoms with van der Waals surface area (Å²) in [5.74, 6) is 0.627. The Morgan fingerprint density at radius 2 is 2.16 bits per heavy atom. The van der Waals surface area contributed by atoms with Gasteiger partial charge < -0.3 is 4.74 Å². The lowest BCUT2D eigenvalue weighted by Gasteiger charge is -2.13. The average Bonchev–Trinajstić information content (AvgIpc) is 2.90. The molecule has 0 unspecified atom stereocenters. The smallest absolute Gasteiger partial charge is 0.120 e. The van der Waals surface area contributed by atoms with E-state index in [1.165, 1.54) is 11.3 Å². The number of benzene rings is 1. The number of rotatable bonds is 6. The molecule has 2 aromatic rings. The molecule has 3 heteroatoms. The van der Waals surface area contributed by atoms with E-state index in [1.54, 1.807) is 0 Å². The molecule has 0 fully saturated rings. The maximum Gasteiger partial charge on any atom is 0.120 e. The summed E-state index contributed by atoms with van der Waals surface area (Å²) in [6.07, 6.45) is 12.5. The van der Waals surface area contributed by atoms with E-state index in [9.17, 15) is 0 Å². The van der Waals surface area contributed by atoms with Crippen LogP contribution in [0.2, 0.25) is 0 Å². The van der Waals surface area contributed by atoms with Crippen molar-refractivity contribution in [3.8, 4) is 0 Å². The van der Waals surface area contributed by atoms with E-state index < -0.39 is 0 Å². The van der Waals surface area contributed by atoms with Gasteiger partial charge in [0.25, 0.3) is 0 Å². The number of hydrogen-bond donors (Lipinski definition) is 1. The predicted molar refractivity (Wildman–Crippen MR) is 107 cm³/mol. The van der Waals surface area contributed by atoms with Crippen molar-refractivity contribution in [2.24, 2.45) is 0 Å². The molecule has 124 valence electrons. The molecule has 1 aliphatic rings. The van der Waals surface area contributed by atoms with Crippen LogP contribution < -0.4 is 4.67 Å². The Morgan fingerprint density at radius 3 is 3.00 bits per heavy atom. The topological polar surface area (TPSA) is 33.1 Å². The highest BCUT2D eigenvalue weighted by Gasteiger charge is 2.11. The van der Waals surface area contributed by atoms with Crippen molar-refractivity contribution in [1.29, 1.82) is 5.41 Å². The van der Waals surface area contributed by atoms with E-state index in [4.69, 9.17) is 10.1 Å². The molecular formula is C22H19NOS. The highest BCUT2D eigenvalue weighted by molar-refractivity contribution is 7.16. The van der Waals surface area contributed by atoms with Gasteiger partial charge in [-0.3, -0.25) is 5.41 Å². The van der Waals surface area contributed by atoms with Crippen molar-refractivity contribution >= 4 is 32.8 Å². The Balaban J connectivity index is 2.12. The first-order valence-electron chi connectivity index (χ1n) is 8.04. The highest BCUT2D eigenvalue weighted by Crippen LogP contribution is 2.31. The Kier molecular flexibility index (Phi) is 5.30. The van der Waals surface area contributed by atoms with Crippen molar-refractivity contribution in [3.05, 3.63) is 95.4 Å². The van der Waals surface area contributed by atoms with Crippen molar-refractivity contribution in [2.75, 3.05) is 6.61 Å². The van der Waals surface area contributed by atoms with Crippen LogP contribution in [0.4, 0.5) is 0 Å². The molecule has 1 N–H and O–H groups in total. The van der Waals surface area contributed by atoms with Gasteiger partial charge in [0.05, 0.1) is 6.61 Å². The van der Waals surface area contributed by atoms with Crippen molar-refractivity contribution in [1.82, 2.24) is 0 Å². The normalized spacial score (nSPS) is 12.7. The summed E-state index contributed by atoms with van der Waals surface area (Å²) >= 11 is 1.44. The van der Waals surface area contributed by atoms with E-state index in [0.29, 0.717) is 17.0 Å². The van der Waals surface area contributed by atoms with Crippen LogP contribution in [-0.2, 0) is 4.74 Å². The zero-order valence-corrected chi connectivity index (χ0v) is 14.7. The van der Waals surface area contributed by atoms with Crippen LogP contribution in [0.1, 0.15) is 17.5 Å². The molecular weight excluding hydrogens is 326 g/mol. The predicted octanol–water partition coefficient (Wildman–Crippen LogP) is 5.61. The molecule has 0 aliphatic heterocycles. The van der Waals surface area contributed by atoms with E-state index in [1.807, 2.05) is 42.5 Å². The van der Waals surface area contributed by atoms with Gasteiger partial charge in [0.1, 0.15) is 10.4 Å². The fourth-order valence-electron chi connectivity index (χ4n) is 2.56. The number of fused-ring (bicyclic) bond motifs is 1. The quantitative estimate of drug-likeness (QED) is 0.314. The Bertz CT molecular complexity index is 1010. The SMILES string of the molecule is C=CCCOC(=C)c1cc(C2=CC=C=CC=C2)cc2ccc(=N)sc12. The molecule has 0 saturated carbocycles. The summed E-state index contributed by atoms with van der Waals surface area (Å²) in [5, 5.41) is 9.04. The molecule has 0 spiro atoms.